The number of rotatable bonds is 6. The summed E-state index contributed by atoms with van der Waals surface area (Å²) in [5, 5.41) is 4.38. The van der Waals surface area contributed by atoms with Crippen molar-refractivity contribution in [2.45, 2.75) is 18.3 Å². The zero-order valence-electron chi connectivity index (χ0n) is 20.8. The second-order valence-corrected chi connectivity index (χ2v) is 9.88. The first kappa shape index (κ1) is 24.7. The SMILES string of the molecule is COC(=O)C1(C(=O)OC)C(c2ccc(N(C)C)cc2)Cc2nnsc2C1c1ccc(N(C)C)cc1. The van der Waals surface area contributed by atoms with Gasteiger partial charge in [-0.2, -0.15) is 0 Å². The topological polar surface area (TPSA) is 84.9 Å². The molecule has 1 heterocycles. The minimum Gasteiger partial charge on any atom is -0.468 e. The van der Waals surface area contributed by atoms with E-state index >= 15 is 0 Å². The number of fused-ring (bicyclic) bond motifs is 1. The van der Waals surface area contributed by atoms with Gasteiger partial charge in [-0.05, 0) is 46.9 Å². The molecule has 1 aliphatic rings. The van der Waals surface area contributed by atoms with Crippen LogP contribution in [0.4, 0.5) is 11.4 Å². The third kappa shape index (κ3) is 4.03. The van der Waals surface area contributed by atoms with Gasteiger partial charge in [0.15, 0.2) is 5.41 Å². The van der Waals surface area contributed by atoms with Crippen molar-refractivity contribution in [2.75, 3.05) is 52.2 Å². The first-order chi connectivity index (χ1) is 16.7. The number of ether oxygens (including phenoxy) is 2. The molecule has 3 aromatic rings. The molecule has 0 bridgehead atoms. The summed E-state index contributed by atoms with van der Waals surface area (Å²) >= 11 is 1.21. The summed E-state index contributed by atoms with van der Waals surface area (Å²) in [5.41, 5.74) is 2.78. The summed E-state index contributed by atoms with van der Waals surface area (Å²) in [7, 11) is 10.5. The van der Waals surface area contributed by atoms with Crippen LogP contribution in [0.15, 0.2) is 48.5 Å². The molecule has 9 heteroatoms. The van der Waals surface area contributed by atoms with Gasteiger partial charge in [-0.3, -0.25) is 9.59 Å². The number of hydrogen-bond donors (Lipinski definition) is 0. The van der Waals surface area contributed by atoms with Gasteiger partial charge in [-0.1, -0.05) is 28.8 Å². The van der Waals surface area contributed by atoms with Gasteiger partial charge in [0, 0.05) is 57.8 Å². The molecule has 0 N–H and O–H groups in total. The Morgan fingerprint density at radius 2 is 1.34 bits per heavy atom. The minimum absolute atomic E-state index is 0.365. The lowest BCUT2D eigenvalue weighted by atomic mass is 9.57. The number of methoxy groups -OCH3 is 2. The summed E-state index contributed by atoms with van der Waals surface area (Å²) in [6, 6.07) is 15.7. The summed E-state index contributed by atoms with van der Waals surface area (Å²) in [6.07, 6.45) is 0.365. The quantitative estimate of drug-likeness (QED) is 0.380. The van der Waals surface area contributed by atoms with Crippen LogP contribution in [0.3, 0.4) is 0 Å². The molecule has 184 valence electrons. The van der Waals surface area contributed by atoms with Gasteiger partial charge < -0.3 is 19.3 Å². The van der Waals surface area contributed by atoms with Crippen molar-refractivity contribution in [2.24, 2.45) is 5.41 Å². The summed E-state index contributed by atoms with van der Waals surface area (Å²) in [5.74, 6) is -2.49. The Morgan fingerprint density at radius 3 is 1.80 bits per heavy atom. The van der Waals surface area contributed by atoms with Crippen molar-refractivity contribution in [3.05, 3.63) is 70.2 Å². The van der Waals surface area contributed by atoms with Gasteiger partial charge in [0.2, 0.25) is 0 Å². The molecule has 0 saturated heterocycles. The smallest absolute Gasteiger partial charge is 0.324 e. The van der Waals surface area contributed by atoms with Crippen molar-refractivity contribution in [3.63, 3.8) is 0 Å². The highest BCUT2D eigenvalue weighted by molar-refractivity contribution is 7.05. The van der Waals surface area contributed by atoms with E-state index in [9.17, 15) is 9.59 Å². The Kier molecular flexibility index (Phi) is 6.80. The fraction of sp³-hybridized carbons (Fsp3) is 0.385. The molecule has 35 heavy (non-hydrogen) atoms. The van der Waals surface area contributed by atoms with Gasteiger partial charge in [-0.15, -0.1) is 5.10 Å². The zero-order valence-corrected chi connectivity index (χ0v) is 21.6. The summed E-state index contributed by atoms with van der Waals surface area (Å²) in [6.45, 7) is 0. The van der Waals surface area contributed by atoms with Crippen molar-refractivity contribution >= 4 is 34.8 Å². The number of esters is 2. The van der Waals surface area contributed by atoms with E-state index in [4.69, 9.17) is 9.47 Å². The summed E-state index contributed by atoms with van der Waals surface area (Å²) < 4.78 is 14.9. The Morgan fingerprint density at radius 1 is 0.857 bits per heavy atom. The molecular formula is C26H30N4O4S. The molecule has 8 nitrogen and oxygen atoms in total. The van der Waals surface area contributed by atoms with E-state index in [1.165, 1.54) is 25.8 Å². The molecule has 4 rings (SSSR count). The average molecular weight is 495 g/mol. The first-order valence-corrected chi connectivity index (χ1v) is 12.1. The molecular weight excluding hydrogens is 464 g/mol. The molecule has 0 radical (unpaired) electrons. The third-order valence-electron chi connectivity index (χ3n) is 6.85. The number of anilines is 2. The highest BCUT2D eigenvalue weighted by Crippen LogP contribution is 2.58. The third-order valence-corrected chi connectivity index (χ3v) is 7.68. The lowest BCUT2D eigenvalue weighted by Gasteiger charge is -2.44. The normalized spacial score (nSPS) is 18.3. The number of benzene rings is 2. The van der Waals surface area contributed by atoms with E-state index < -0.39 is 29.2 Å². The lowest BCUT2D eigenvalue weighted by molar-refractivity contribution is -0.173. The number of nitrogens with zero attached hydrogens (tertiary/aromatic N) is 4. The molecule has 0 spiro atoms. The van der Waals surface area contributed by atoms with E-state index in [0.29, 0.717) is 6.42 Å². The molecule has 1 aliphatic carbocycles. The van der Waals surface area contributed by atoms with Crippen LogP contribution in [0.2, 0.25) is 0 Å². The fourth-order valence-corrected chi connectivity index (χ4v) is 5.93. The van der Waals surface area contributed by atoms with Gasteiger partial charge in [0.25, 0.3) is 0 Å². The number of aromatic nitrogens is 2. The van der Waals surface area contributed by atoms with Crippen LogP contribution in [-0.4, -0.2) is 63.9 Å². The van der Waals surface area contributed by atoms with Gasteiger partial charge in [-0.25, -0.2) is 0 Å². The Hall–Kier alpha value is -3.46. The Labute approximate surface area is 209 Å². The van der Waals surface area contributed by atoms with Gasteiger partial charge in [0.1, 0.15) is 0 Å². The molecule has 2 unspecified atom stereocenters. The van der Waals surface area contributed by atoms with Crippen molar-refractivity contribution in [1.82, 2.24) is 9.59 Å². The van der Waals surface area contributed by atoms with Crippen LogP contribution in [0.25, 0.3) is 0 Å². The maximum atomic E-state index is 13.8. The van der Waals surface area contributed by atoms with E-state index in [0.717, 1.165) is 33.1 Å². The van der Waals surface area contributed by atoms with E-state index in [2.05, 4.69) is 9.59 Å². The Bertz CT molecular complexity index is 1190. The van der Waals surface area contributed by atoms with Crippen molar-refractivity contribution in [1.29, 1.82) is 0 Å². The second-order valence-electron chi connectivity index (χ2n) is 9.10. The predicted octanol–water partition coefficient (Wildman–Crippen LogP) is 3.47. The van der Waals surface area contributed by atoms with Gasteiger partial charge in [0.05, 0.1) is 24.8 Å². The number of carbonyl (C=O) groups excluding carboxylic acids is 2. The van der Waals surface area contributed by atoms with Crippen LogP contribution in [0, 0.1) is 5.41 Å². The Balaban J connectivity index is 1.99. The standard InChI is InChI=1S/C26H30N4O4S/c1-29(2)18-11-7-16(8-12-18)20-15-21-23(35-28-27-21)22(17-9-13-19(14-10-17)30(3)4)26(20,24(31)33-5)25(32)34-6/h7-14,20,22H,15H2,1-6H3. The number of hydrogen-bond acceptors (Lipinski definition) is 9. The average Bonchev–Trinajstić information content (AvgIpc) is 3.34. The molecule has 0 fully saturated rings. The predicted molar refractivity (Wildman–Crippen MR) is 136 cm³/mol. The van der Waals surface area contributed by atoms with Crippen LogP contribution < -0.4 is 9.80 Å². The largest absolute Gasteiger partial charge is 0.468 e. The molecule has 2 aromatic carbocycles. The highest BCUT2D eigenvalue weighted by Gasteiger charge is 2.64. The molecule has 0 amide bonds. The van der Waals surface area contributed by atoms with Crippen molar-refractivity contribution < 1.29 is 19.1 Å². The van der Waals surface area contributed by atoms with Crippen LogP contribution >= 0.6 is 11.5 Å². The van der Waals surface area contributed by atoms with Crippen molar-refractivity contribution in [3.8, 4) is 0 Å². The van der Waals surface area contributed by atoms with Gasteiger partial charge >= 0.3 is 11.9 Å². The number of carbonyl (C=O) groups is 2. The maximum absolute atomic E-state index is 13.8. The van der Waals surface area contributed by atoms with Crippen LogP contribution in [0.5, 0.6) is 0 Å². The first-order valence-electron chi connectivity index (χ1n) is 11.3. The van der Waals surface area contributed by atoms with E-state index in [1.54, 1.807) is 0 Å². The lowest BCUT2D eigenvalue weighted by Crippen LogP contribution is -2.53. The van der Waals surface area contributed by atoms with Crippen LogP contribution in [0.1, 0.15) is 33.5 Å². The van der Waals surface area contributed by atoms with E-state index in [1.807, 2.05) is 86.5 Å². The molecule has 2 atom stereocenters. The minimum atomic E-state index is -1.65. The highest BCUT2D eigenvalue weighted by atomic mass is 32.1. The molecule has 0 saturated carbocycles. The summed E-state index contributed by atoms with van der Waals surface area (Å²) in [4.78, 5) is 32.3. The molecule has 1 aromatic heterocycles. The fourth-order valence-electron chi connectivity index (χ4n) is 5.04. The monoisotopic (exact) mass is 494 g/mol. The second kappa shape index (κ2) is 9.65. The maximum Gasteiger partial charge on any atom is 0.324 e. The van der Waals surface area contributed by atoms with E-state index in [-0.39, 0.29) is 0 Å². The van der Waals surface area contributed by atoms with Crippen LogP contribution in [-0.2, 0) is 25.5 Å². The molecule has 0 aliphatic heterocycles. The zero-order chi connectivity index (χ0) is 25.3.